The van der Waals surface area contributed by atoms with Crippen molar-refractivity contribution >= 4 is 11.6 Å². The monoisotopic (exact) mass is 298 g/mol. The van der Waals surface area contributed by atoms with Gasteiger partial charge in [-0.15, -0.1) is 0 Å². The first-order chi connectivity index (χ1) is 10.7. The summed E-state index contributed by atoms with van der Waals surface area (Å²) in [5.41, 5.74) is 2.57. The lowest BCUT2D eigenvalue weighted by atomic mass is 10.1. The van der Waals surface area contributed by atoms with Crippen LogP contribution in [0.2, 0.25) is 0 Å². The van der Waals surface area contributed by atoms with Crippen molar-refractivity contribution in [3.8, 4) is 0 Å². The Hall–Kier alpha value is -2.16. The summed E-state index contributed by atoms with van der Waals surface area (Å²) in [4.78, 5) is 21.5. The van der Waals surface area contributed by atoms with Crippen molar-refractivity contribution in [3.63, 3.8) is 0 Å². The van der Waals surface area contributed by atoms with E-state index >= 15 is 0 Å². The Morgan fingerprint density at radius 2 is 1.59 bits per heavy atom. The Bertz CT molecular complexity index is 582. The summed E-state index contributed by atoms with van der Waals surface area (Å²) in [6, 6.07) is 10.3. The topological polar surface area (TPSA) is 43.4 Å². The third-order valence-corrected chi connectivity index (χ3v) is 3.60. The van der Waals surface area contributed by atoms with Crippen molar-refractivity contribution in [2.75, 3.05) is 6.61 Å². The molecule has 0 amide bonds. The zero-order valence-electron chi connectivity index (χ0n) is 13.0. The fourth-order valence-corrected chi connectivity index (χ4v) is 2.52. The van der Waals surface area contributed by atoms with E-state index < -0.39 is 0 Å². The van der Waals surface area contributed by atoms with E-state index in [2.05, 4.69) is 12.1 Å². The normalized spacial score (nSPS) is 16.8. The maximum atomic E-state index is 11.0. The third-order valence-electron chi connectivity index (χ3n) is 3.60. The lowest BCUT2D eigenvalue weighted by Crippen LogP contribution is -1.86. The number of rotatable bonds is 4. The lowest BCUT2D eigenvalue weighted by Gasteiger charge is -2.00. The molecule has 0 aliphatic heterocycles. The maximum absolute atomic E-state index is 11.0. The van der Waals surface area contributed by atoms with Crippen molar-refractivity contribution in [1.82, 2.24) is 0 Å². The predicted molar refractivity (Wildman–Crippen MR) is 86.4 cm³/mol. The molecule has 0 saturated heterocycles. The minimum atomic E-state index is 0.193. The van der Waals surface area contributed by atoms with E-state index in [-0.39, 0.29) is 11.6 Å². The molecule has 0 heterocycles. The molecule has 1 aromatic rings. The molecule has 0 atom stereocenters. The van der Waals surface area contributed by atoms with Gasteiger partial charge in [0.15, 0.2) is 11.6 Å². The molecule has 3 rings (SSSR count). The fourth-order valence-electron chi connectivity index (χ4n) is 2.52. The first-order valence-electron chi connectivity index (χ1n) is 7.79. The highest BCUT2D eigenvalue weighted by atomic mass is 16.5. The summed E-state index contributed by atoms with van der Waals surface area (Å²) in [7, 11) is 0. The van der Waals surface area contributed by atoms with Crippen molar-refractivity contribution < 1.29 is 14.3 Å². The molecular formula is C19H22O3. The number of hydrogen-bond donors (Lipinski definition) is 0. The number of ether oxygens (including phenoxy) is 1. The Labute approximate surface area is 131 Å². The first kappa shape index (κ1) is 16.2. The number of allylic oxidation sites excluding steroid dienone is 4. The number of carbonyl (C=O) groups is 2. The highest BCUT2D eigenvalue weighted by molar-refractivity contribution is 5.93. The summed E-state index contributed by atoms with van der Waals surface area (Å²) < 4.78 is 5.11. The number of benzene rings is 1. The molecule has 22 heavy (non-hydrogen) atoms. The maximum Gasteiger partial charge on any atom is 0.159 e. The van der Waals surface area contributed by atoms with Gasteiger partial charge in [0, 0.05) is 25.3 Å². The van der Waals surface area contributed by atoms with Gasteiger partial charge in [0.1, 0.15) is 0 Å². The van der Waals surface area contributed by atoms with Crippen LogP contribution in [0.3, 0.4) is 0 Å². The Kier molecular flexibility index (Phi) is 6.13. The van der Waals surface area contributed by atoms with Gasteiger partial charge >= 0.3 is 0 Å². The third kappa shape index (κ3) is 5.32. The molecule has 0 radical (unpaired) electrons. The fraction of sp³-hybridized carbons (Fsp3) is 0.368. The molecule has 3 nitrogen and oxygen atoms in total. The quantitative estimate of drug-likeness (QED) is 0.849. The van der Waals surface area contributed by atoms with Gasteiger partial charge < -0.3 is 4.74 Å². The highest BCUT2D eigenvalue weighted by Gasteiger charge is 2.12. The second-order valence-corrected chi connectivity index (χ2v) is 5.44. The average molecular weight is 298 g/mol. The Morgan fingerprint density at radius 1 is 0.909 bits per heavy atom. The van der Waals surface area contributed by atoms with Gasteiger partial charge in [-0.05, 0) is 31.4 Å². The van der Waals surface area contributed by atoms with E-state index in [4.69, 9.17) is 4.74 Å². The van der Waals surface area contributed by atoms with Crippen LogP contribution in [0.15, 0.2) is 53.8 Å². The van der Waals surface area contributed by atoms with E-state index in [9.17, 15) is 9.59 Å². The number of hydrogen-bond acceptors (Lipinski definition) is 3. The van der Waals surface area contributed by atoms with Crippen LogP contribution in [-0.2, 0) is 20.7 Å². The summed E-state index contributed by atoms with van der Waals surface area (Å²) in [5, 5.41) is 0. The molecule has 0 saturated carbocycles. The van der Waals surface area contributed by atoms with Crippen molar-refractivity contribution in [1.29, 1.82) is 0 Å². The largest absolute Gasteiger partial charge is 0.498 e. The van der Waals surface area contributed by atoms with Crippen LogP contribution in [0.4, 0.5) is 0 Å². The standard InChI is InChI=1S/C12H12O.C7H10O2/c13-12-7-6-11(9-12)8-10-4-2-1-3-5-10;1-2-9-7-4-3-6(8)5-7/h1-5,9H,6-8H2;5H,2-4H2,1H3. The molecule has 116 valence electrons. The van der Waals surface area contributed by atoms with Crippen molar-refractivity contribution in [2.24, 2.45) is 0 Å². The number of carbonyl (C=O) groups excluding carboxylic acids is 2. The Morgan fingerprint density at radius 3 is 2.14 bits per heavy atom. The molecule has 0 fully saturated rings. The molecule has 0 spiro atoms. The lowest BCUT2D eigenvalue weighted by molar-refractivity contribution is -0.114. The molecule has 2 aliphatic carbocycles. The van der Waals surface area contributed by atoms with Crippen LogP contribution in [0.5, 0.6) is 0 Å². The van der Waals surface area contributed by atoms with E-state index in [1.807, 2.05) is 25.1 Å². The van der Waals surface area contributed by atoms with Crippen molar-refractivity contribution in [3.05, 3.63) is 59.4 Å². The SMILES string of the molecule is CCOC1=CC(=O)CC1.O=C1C=C(Cc2ccccc2)CC1. The van der Waals surface area contributed by atoms with Crippen molar-refractivity contribution in [2.45, 2.75) is 39.0 Å². The molecule has 0 aromatic heterocycles. The van der Waals surface area contributed by atoms with Gasteiger partial charge in [-0.1, -0.05) is 35.9 Å². The van der Waals surface area contributed by atoms with Gasteiger partial charge in [0.2, 0.25) is 0 Å². The van der Waals surface area contributed by atoms with Crippen LogP contribution in [0, 0.1) is 0 Å². The van der Waals surface area contributed by atoms with E-state index in [1.54, 1.807) is 12.2 Å². The predicted octanol–water partition coefficient (Wildman–Crippen LogP) is 3.79. The molecule has 3 heteroatoms. The molecule has 2 aliphatic rings. The zero-order valence-corrected chi connectivity index (χ0v) is 13.0. The minimum absolute atomic E-state index is 0.193. The minimum Gasteiger partial charge on any atom is -0.498 e. The first-order valence-corrected chi connectivity index (χ1v) is 7.79. The van der Waals surface area contributed by atoms with Crippen LogP contribution in [-0.4, -0.2) is 18.2 Å². The van der Waals surface area contributed by atoms with Crippen LogP contribution >= 0.6 is 0 Å². The molecule has 0 bridgehead atoms. The second-order valence-electron chi connectivity index (χ2n) is 5.44. The van der Waals surface area contributed by atoms with Crippen LogP contribution < -0.4 is 0 Å². The molecule has 1 aromatic carbocycles. The average Bonchev–Trinajstić information content (AvgIpc) is 3.10. The summed E-state index contributed by atoms with van der Waals surface area (Å²) >= 11 is 0. The Balaban J connectivity index is 0.000000172. The van der Waals surface area contributed by atoms with Gasteiger partial charge in [-0.25, -0.2) is 0 Å². The van der Waals surface area contributed by atoms with Gasteiger partial charge in [0.25, 0.3) is 0 Å². The highest BCUT2D eigenvalue weighted by Crippen LogP contribution is 2.19. The van der Waals surface area contributed by atoms with Gasteiger partial charge in [-0.2, -0.15) is 0 Å². The summed E-state index contributed by atoms with van der Waals surface area (Å²) in [6.45, 7) is 2.59. The molecular weight excluding hydrogens is 276 g/mol. The van der Waals surface area contributed by atoms with Crippen LogP contribution in [0.25, 0.3) is 0 Å². The smallest absolute Gasteiger partial charge is 0.159 e. The van der Waals surface area contributed by atoms with E-state index in [1.165, 1.54) is 11.1 Å². The molecule has 0 unspecified atom stereocenters. The molecule has 0 N–H and O–H groups in total. The van der Waals surface area contributed by atoms with Gasteiger partial charge in [0.05, 0.1) is 12.4 Å². The van der Waals surface area contributed by atoms with E-state index in [0.717, 1.165) is 25.0 Å². The summed E-state index contributed by atoms with van der Waals surface area (Å²) in [6.07, 6.45) is 7.42. The van der Waals surface area contributed by atoms with Crippen LogP contribution in [0.1, 0.15) is 38.2 Å². The number of ketones is 2. The zero-order chi connectivity index (χ0) is 15.8. The second kappa shape index (κ2) is 8.32. The summed E-state index contributed by atoms with van der Waals surface area (Å²) in [5.74, 6) is 1.33. The van der Waals surface area contributed by atoms with Gasteiger partial charge in [-0.3, -0.25) is 9.59 Å². The van der Waals surface area contributed by atoms with E-state index in [0.29, 0.717) is 19.4 Å².